The molecule has 4 rings (SSSR count). The second kappa shape index (κ2) is 6.22. The van der Waals surface area contributed by atoms with Gasteiger partial charge in [0.15, 0.2) is 0 Å². The molecule has 1 saturated carbocycles. The number of hydrogen-bond acceptors (Lipinski definition) is 5. The number of aromatic nitrogens is 2. The molecule has 23 heavy (non-hydrogen) atoms. The Morgan fingerprint density at radius 2 is 2.00 bits per heavy atom. The maximum atomic E-state index is 12.7. The number of aliphatic hydroxyl groups is 1. The maximum absolute atomic E-state index is 12.7. The molecule has 1 amide bonds. The second-order valence-corrected chi connectivity index (χ2v) is 6.78. The topological polar surface area (TPSA) is 96.5 Å². The average Bonchev–Trinajstić information content (AvgIpc) is 3.27. The summed E-state index contributed by atoms with van der Waals surface area (Å²) >= 11 is 0. The number of ether oxygens (including phenoxy) is 2. The molecule has 0 spiro atoms. The molecule has 1 aromatic rings. The molecule has 2 saturated heterocycles. The van der Waals surface area contributed by atoms with E-state index in [0.717, 1.165) is 18.5 Å². The van der Waals surface area contributed by atoms with E-state index in [1.54, 1.807) is 6.20 Å². The van der Waals surface area contributed by atoms with Crippen molar-refractivity contribution in [1.82, 2.24) is 15.5 Å². The van der Waals surface area contributed by atoms with E-state index in [4.69, 9.17) is 9.47 Å². The lowest BCUT2D eigenvalue weighted by Crippen LogP contribution is -2.44. The minimum absolute atomic E-state index is 0.140. The monoisotopic (exact) mass is 321 g/mol. The van der Waals surface area contributed by atoms with E-state index in [9.17, 15) is 9.90 Å². The third-order valence-corrected chi connectivity index (χ3v) is 5.27. The summed E-state index contributed by atoms with van der Waals surface area (Å²) in [5.41, 5.74) is 1.57. The Labute approximate surface area is 134 Å². The predicted octanol–water partition coefficient (Wildman–Crippen LogP) is 0.714. The van der Waals surface area contributed by atoms with Gasteiger partial charge in [0.25, 0.3) is 5.91 Å². The second-order valence-electron chi connectivity index (χ2n) is 6.78. The van der Waals surface area contributed by atoms with Gasteiger partial charge in [0.2, 0.25) is 0 Å². The van der Waals surface area contributed by atoms with Crippen LogP contribution < -0.4 is 5.32 Å². The number of hydrogen-bond donors (Lipinski definition) is 3. The maximum Gasteiger partial charge on any atom is 0.255 e. The fourth-order valence-electron chi connectivity index (χ4n) is 4.03. The molecular formula is C16H23N3O4. The first-order chi connectivity index (χ1) is 11.2. The SMILES string of the molecule is O=C(N[C@@H]1CO[C@H]2[C@@H]1OC[C@H]2O)c1cn[nH]c1C1CCCCC1. The van der Waals surface area contributed by atoms with Crippen LogP contribution in [0, 0.1) is 0 Å². The first kappa shape index (κ1) is 15.1. The number of nitrogens with zero attached hydrogens (tertiary/aromatic N) is 1. The van der Waals surface area contributed by atoms with Crippen LogP contribution in [0.4, 0.5) is 0 Å². The highest BCUT2D eigenvalue weighted by molar-refractivity contribution is 5.95. The number of aromatic amines is 1. The fourth-order valence-corrected chi connectivity index (χ4v) is 4.03. The molecule has 4 atom stereocenters. The van der Waals surface area contributed by atoms with Crippen molar-refractivity contribution < 1.29 is 19.4 Å². The largest absolute Gasteiger partial charge is 0.388 e. The highest BCUT2D eigenvalue weighted by Crippen LogP contribution is 2.33. The summed E-state index contributed by atoms with van der Waals surface area (Å²) in [4.78, 5) is 12.7. The van der Waals surface area contributed by atoms with E-state index in [1.807, 2.05) is 0 Å². The van der Waals surface area contributed by atoms with Crippen molar-refractivity contribution in [3.05, 3.63) is 17.5 Å². The Morgan fingerprint density at radius 1 is 1.22 bits per heavy atom. The zero-order valence-electron chi connectivity index (χ0n) is 13.0. The highest BCUT2D eigenvalue weighted by atomic mass is 16.6. The molecule has 1 aliphatic carbocycles. The smallest absolute Gasteiger partial charge is 0.255 e. The van der Waals surface area contributed by atoms with E-state index in [-0.39, 0.29) is 30.8 Å². The van der Waals surface area contributed by atoms with Crippen LogP contribution in [-0.4, -0.2) is 58.8 Å². The number of fused-ring (bicyclic) bond motifs is 1. The number of H-pyrrole nitrogens is 1. The number of carbonyl (C=O) groups is 1. The lowest BCUT2D eigenvalue weighted by atomic mass is 9.85. The Bertz CT molecular complexity index is 569. The standard InChI is InChI=1S/C16H23N3O4/c20-12-8-23-14-11(7-22-15(12)14)18-16(21)10-6-17-19-13(10)9-4-2-1-3-5-9/h6,9,11-12,14-15,20H,1-5,7-8H2,(H,17,19)(H,18,21)/t11-,12-,14-,15-/m1/s1. The summed E-state index contributed by atoms with van der Waals surface area (Å²) in [6, 6.07) is -0.223. The van der Waals surface area contributed by atoms with Gasteiger partial charge in [-0.1, -0.05) is 19.3 Å². The summed E-state index contributed by atoms with van der Waals surface area (Å²) in [5, 5.41) is 19.9. The number of carbonyl (C=O) groups excluding carboxylic acids is 1. The van der Waals surface area contributed by atoms with Crippen LogP contribution in [0.15, 0.2) is 6.20 Å². The Balaban J connectivity index is 1.45. The molecular weight excluding hydrogens is 298 g/mol. The van der Waals surface area contributed by atoms with Gasteiger partial charge in [-0.2, -0.15) is 5.10 Å². The molecule has 0 unspecified atom stereocenters. The average molecular weight is 321 g/mol. The van der Waals surface area contributed by atoms with Crippen LogP contribution in [0.25, 0.3) is 0 Å². The van der Waals surface area contributed by atoms with Crippen molar-refractivity contribution in [2.24, 2.45) is 0 Å². The van der Waals surface area contributed by atoms with E-state index in [2.05, 4.69) is 15.5 Å². The van der Waals surface area contributed by atoms with E-state index < -0.39 is 6.10 Å². The fraction of sp³-hybridized carbons (Fsp3) is 0.750. The molecule has 3 fully saturated rings. The molecule has 3 N–H and O–H groups in total. The van der Waals surface area contributed by atoms with E-state index in [0.29, 0.717) is 18.1 Å². The van der Waals surface area contributed by atoms with Gasteiger partial charge in [-0.25, -0.2) is 0 Å². The summed E-state index contributed by atoms with van der Waals surface area (Å²) in [5.74, 6) is 0.252. The quantitative estimate of drug-likeness (QED) is 0.762. The zero-order valence-corrected chi connectivity index (χ0v) is 13.0. The van der Waals surface area contributed by atoms with Crippen molar-refractivity contribution in [3.8, 4) is 0 Å². The van der Waals surface area contributed by atoms with Crippen LogP contribution >= 0.6 is 0 Å². The Kier molecular flexibility index (Phi) is 4.09. The zero-order chi connectivity index (χ0) is 15.8. The third kappa shape index (κ3) is 2.77. The molecule has 126 valence electrons. The lowest BCUT2D eigenvalue weighted by molar-refractivity contribution is 0.0178. The lowest BCUT2D eigenvalue weighted by Gasteiger charge is -2.22. The summed E-state index contributed by atoms with van der Waals surface area (Å²) in [6.07, 6.45) is 6.30. The number of rotatable bonds is 3. The molecule has 7 nitrogen and oxygen atoms in total. The number of nitrogens with one attached hydrogen (secondary N) is 2. The highest BCUT2D eigenvalue weighted by Gasteiger charge is 2.47. The Morgan fingerprint density at radius 3 is 2.83 bits per heavy atom. The molecule has 2 aliphatic heterocycles. The predicted molar refractivity (Wildman–Crippen MR) is 81.2 cm³/mol. The van der Waals surface area contributed by atoms with Crippen molar-refractivity contribution >= 4 is 5.91 Å². The van der Waals surface area contributed by atoms with Crippen LogP contribution in [0.5, 0.6) is 0 Å². The van der Waals surface area contributed by atoms with Crippen LogP contribution in [0.3, 0.4) is 0 Å². The van der Waals surface area contributed by atoms with Crippen molar-refractivity contribution in [2.75, 3.05) is 13.2 Å². The molecule has 1 aromatic heterocycles. The number of aliphatic hydroxyl groups excluding tert-OH is 1. The normalized spacial score (nSPS) is 34.5. The summed E-state index contributed by atoms with van der Waals surface area (Å²) in [6.45, 7) is 0.634. The Hall–Kier alpha value is -1.44. The van der Waals surface area contributed by atoms with E-state index in [1.165, 1.54) is 19.3 Å². The van der Waals surface area contributed by atoms with Gasteiger partial charge in [-0.15, -0.1) is 0 Å². The summed E-state index contributed by atoms with van der Waals surface area (Å²) < 4.78 is 11.1. The van der Waals surface area contributed by atoms with Crippen molar-refractivity contribution in [2.45, 2.75) is 62.4 Å². The molecule has 0 radical (unpaired) electrons. The van der Waals surface area contributed by atoms with Gasteiger partial charge < -0.3 is 19.9 Å². The van der Waals surface area contributed by atoms with Gasteiger partial charge in [0.1, 0.15) is 18.3 Å². The van der Waals surface area contributed by atoms with Crippen molar-refractivity contribution in [1.29, 1.82) is 0 Å². The van der Waals surface area contributed by atoms with Gasteiger partial charge in [-0.05, 0) is 12.8 Å². The first-order valence-corrected chi connectivity index (χ1v) is 8.49. The van der Waals surface area contributed by atoms with Crippen LogP contribution in [0.1, 0.15) is 54.1 Å². The molecule has 0 aromatic carbocycles. The molecule has 3 aliphatic rings. The van der Waals surface area contributed by atoms with Gasteiger partial charge in [0, 0.05) is 5.92 Å². The van der Waals surface area contributed by atoms with Gasteiger partial charge in [-0.3, -0.25) is 9.89 Å². The van der Waals surface area contributed by atoms with E-state index >= 15 is 0 Å². The molecule has 7 heteroatoms. The minimum atomic E-state index is -0.603. The minimum Gasteiger partial charge on any atom is -0.388 e. The van der Waals surface area contributed by atoms with Crippen molar-refractivity contribution in [3.63, 3.8) is 0 Å². The molecule has 0 bridgehead atoms. The van der Waals surface area contributed by atoms with Crippen LogP contribution in [-0.2, 0) is 9.47 Å². The number of amides is 1. The van der Waals surface area contributed by atoms with Crippen LogP contribution in [0.2, 0.25) is 0 Å². The first-order valence-electron chi connectivity index (χ1n) is 8.49. The molecule has 3 heterocycles. The third-order valence-electron chi connectivity index (χ3n) is 5.27. The van der Waals surface area contributed by atoms with Gasteiger partial charge in [0.05, 0.1) is 36.7 Å². The van der Waals surface area contributed by atoms with Gasteiger partial charge >= 0.3 is 0 Å². The summed E-state index contributed by atoms with van der Waals surface area (Å²) in [7, 11) is 0.